The summed E-state index contributed by atoms with van der Waals surface area (Å²) in [6.07, 6.45) is -1.20. The molecule has 0 radical (unpaired) electrons. The minimum Gasteiger partial charge on any atom is -0.472 e. The Kier molecular flexibility index (Phi) is 7.96. The molecule has 1 amide bonds. The van der Waals surface area contributed by atoms with Crippen molar-refractivity contribution >= 4 is 17.9 Å². The number of rotatable bonds is 7. The van der Waals surface area contributed by atoms with E-state index in [0.29, 0.717) is 11.1 Å². The molecule has 0 fully saturated rings. The fourth-order valence-electron chi connectivity index (χ4n) is 2.57. The highest BCUT2D eigenvalue weighted by molar-refractivity contribution is 5.97. The molecular formula is C22H27N5O5. The van der Waals surface area contributed by atoms with Gasteiger partial charge in [-0.2, -0.15) is 10.2 Å². The topological polar surface area (TPSA) is 149 Å². The number of hydrogen-bond donors (Lipinski definition) is 2. The Morgan fingerprint density at radius 3 is 2.62 bits per heavy atom. The van der Waals surface area contributed by atoms with Gasteiger partial charge in [0.2, 0.25) is 5.88 Å². The molecular weight excluding hydrogens is 414 g/mol. The maximum absolute atomic E-state index is 12.4. The monoisotopic (exact) mass is 441 g/mol. The van der Waals surface area contributed by atoms with Crippen LogP contribution in [0.15, 0.2) is 24.3 Å². The molecule has 0 saturated carbocycles. The molecule has 3 N–H and O–H groups in total. The second-order valence-corrected chi connectivity index (χ2v) is 7.84. The molecule has 10 nitrogen and oxygen atoms in total. The number of alkyl carbamates (subject to hydrolysis) is 1. The van der Waals surface area contributed by atoms with E-state index in [4.69, 9.17) is 25.2 Å². The molecule has 1 heterocycles. The fraction of sp³-hybridized carbons (Fsp3) is 0.409. The second-order valence-electron chi connectivity index (χ2n) is 7.84. The van der Waals surface area contributed by atoms with Gasteiger partial charge in [0.1, 0.15) is 17.5 Å². The lowest BCUT2D eigenvalue weighted by molar-refractivity contribution is 0.0485. The largest absolute Gasteiger partial charge is 0.472 e. The number of nitrogen functional groups attached to an aromatic ring is 1. The van der Waals surface area contributed by atoms with Gasteiger partial charge in [-0.3, -0.25) is 0 Å². The number of nitrogens with two attached hydrogens (primary N) is 1. The van der Waals surface area contributed by atoms with Crippen LogP contribution in [0.4, 0.5) is 10.6 Å². The van der Waals surface area contributed by atoms with E-state index in [1.165, 1.54) is 0 Å². The summed E-state index contributed by atoms with van der Waals surface area (Å²) in [5, 5.41) is 11.7. The SMILES string of the molecule is CCOC(=O)c1c(N)nc(-c2cccc(C#N)c2)nc1O[C@H](C)CNC(=O)OC(C)(C)C. The molecule has 32 heavy (non-hydrogen) atoms. The lowest BCUT2D eigenvalue weighted by Gasteiger charge is -2.21. The third kappa shape index (κ3) is 6.84. The summed E-state index contributed by atoms with van der Waals surface area (Å²) in [6.45, 7) is 8.81. The zero-order valence-electron chi connectivity index (χ0n) is 18.8. The third-order valence-electron chi connectivity index (χ3n) is 3.88. The van der Waals surface area contributed by atoms with Gasteiger partial charge in [-0.25, -0.2) is 14.6 Å². The average molecular weight is 441 g/mol. The quantitative estimate of drug-likeness (QED) is 0.618. The Bertz CT molecular complexity index is 1030. The van der Waals surface area contributed by atoms with Crippen molar-refractivity contribution in [3.05, 3.63) is 35.4 Å². The van der Waals surface area contributed by atoms with E-state index in [1.54, 1.807) is 58.9 Å². The van der Waals surface area contributed by atoms with E-state index < -0.39 is 23.8 Å². The minimum absolute atomic E-state index is 0.0837. The number of nitriles is 1. The zero-order valence-corrected chi connectivity index (χ0v) is 18.8. The summed E-state index contributed by atoms with van der Waals surface area (Å²) in [6, 6.07) is 8.66. The first kappa shape index (κ1) is 24.4. The first-order valence-corrected chi connectivity index (χ1v) is 10.0. The highest BCUT2D eigenvalue weighted by atomic mass is 16.6. The highest BCUT2D eigenvalue weighted by Gasteiger charge is 2.25. The van der Waals surface area contributed by atoms with Gasteiger partial charge in [0.15, 0.2) is 11.4 Å². The molecule has 0 bridgehead atoms. The molecule has 2 rings (SSSR count). The molecule has 0 spiro atoms. The van der Waals surface area contributed by atoms with Gasteiger partial charge in [-0.05, 0) is 46.8 Å². The van der Waals surface area contributed by atoms with Crippen LogP contribution < -0.4 is 15.8 Å². The van der Waals surface area contributed by atoms with Crippen LogP contribution in [0, 0.1) is 11.3 Å². The molecule has 1 aromatic carbocycles. The lowest BCUT2D eigenvalue weighted by Crippen LogP contribution is -2.38. The number of nitrogens with one attached hydrogen (secondary N) is 1. The van der Waals surface area contributed by atoms with Crippen LogP contribution in [0.25, 0.3) is 11.4 Å². The minimum atomic E-state index is -0.732. The van der Waals surface area contributed by atoms with Crippen molar-refractivity contribution in [3.63, 3.8) is 0 Å². The summed E-state index contributed by atoms with van der Waals surface area (Å²) in [4.78, 5) is 32.9. The van der Waals surface area contributed by atoms with Gasteiger partial charge in [0.05, 0.1) is 24.8 Å². The van der Waals surface area contributed by atoms with Crippen LogP contribution in [0.3, 0.4) is 0 Å². The number of benzene rings is 1. The van der Waals surface area contributed by atoms with Crippen LogP contribution in [0.2, 0.25) is 0 Å². The second kappa shape index (κ2) is 10.4. The number of esters is 1. The zero-order chi connectivity index (χ0) is 23.9. The van der Waals surface area contributed by atoms with Crippen molar-refractivity contribution in [1.29, 1.82) is 5.26 Å². The van der Waals surface area contributed by atoms with Crippen molar-refractivity contribution in [2.75, 3.05) is 18.9 Å². The molecule has 0 aliphatic rings. The summed E-state index contributed by atoms with van der Waals surface area (Å²) < 4.78 is 16.1. The third-order valence-corrected chi connectivity index (χ3v) is 3.88. The maximum atomic E-state index is 12.4. The fourth-order valence-corrected chi connectivity index (χ4v) is 2.57. The molecule has 1 atom stereocenters. The molecule has 0 saturated heterocycles. The van der Waals surface area contributed by atoms with E-state index in [9.17, 15) is 9.59 Å². The number of aromatic nitrogens is 2. The van der Waals surface area contributed by atoms with Crippen LogP contribution >= 0.6 is 0 Å². The smallest absolute Gasteiger partial charge is 0.407 e. The lowest BCUT2D eigenvalue weighted by atomic mass is 10.1. The average Bonchev–Trinajstić information content (AvgIpc) is 2.71. The molecule has 0 unspecified atom stereocenters. The number of ether oxygens (including phenoxy) is 3. The molecule has 2 aromatic rings. The Balaban J connectivity index is 2.33. The highest BCUT2D eigenvalue weighted by Crippen LogP contribution is 2.28. The van der Waals surface area contributed by atoms with Crippen LogP contribution in [0.1, 0.15) is 50.5 Å². The Labute approximate surface area is 186 Å². The van der Waals surface area contributed by atoms with Crippen molar-refractivity contribution in [2.45, 2.75) is 46.3 Å². The molecule has 0 aliphatic carbocycles. The maximum Gasteiger partial charge on any atom is 0.407 e. The Hall–Kier alpha value is -3.87. The van der Waals surface area contributed by atoms with Crippen molar-refractivity contribution in [1.82, 2.24) is 15.3 Å². The van der Waals surface area contributed by atoms with E-state index in [1.807, 2.05) is 6.07 Å². The normalized spacial score (nSPS) is 11.8. The molecule has 10 heteroatoms. The summed E-state index contributed by atoms with van der Waals surface area (Å²) in [7, 11) is 0. The van der Waals surface area contributed by atoms with Gasteiger partial charge in [-0.1, -0.05) is 12.1 Å². The van der Waals surface area contributed by atoms with Crippen molar-refractivity contribution < 1.29 is 23.8 Å². The van der Waals surface area contributed by atoms with E-state index in [0.717, 1.165) is 0 Å². The summed E-state index contributed by atoms with van der Waals surface area (Å²) in [5.41, 5.74) is 6.22. The Morgan fingerprint density at radius 1 is 1.28 bits per heavy atom. The van der Waals surface area contributed by atoms with Gasteiger partial charge >= 0.3 is 12.1 Å². The van der Waals surface area contributed by atoms with Crippen molar-refractivity contribution in [2.24, 2.45) is 0 Å². The first-order chi connectivity index (χ1) is 15.0. The molecule has 1 aromatic heterocycles. The standard InChI is InChI=1S/C22H27N5O5/c1-6-30-20(28)16-17(24)26-18(15-9-7-8-14(10-15)11-23)27-19(16)31-13(2)12-25-21(29)32-22(3,4)5/h7-10,13H,6,12H2,1-5H3,(H,25,29)(H2,24,26,27)/t13-/m1/s1. The van der Waals surface area contributed by atoms with Crippen molar-refractivity contribution in [3.8, 4) is 23.3 Å². The van der Waals surface area contributed by atoms with Gasteiger partial charge in [0.25, 0.3) is 0 Å². The predicted octanol–water partition coefficient (Wildman–Crippen LogP) is 3.07. The number of amides is 1. The number of carbonyl (C=O) groups is 2. The van der Waals surface area contributed by atoms with Crippen LogP contribution in [-0.2, 0) is 9.47 Å². The molecule has 0 aliphatic heterocycles. The number of hydrogen-bond acceptors (Lipinski definition) is 9. The van der Waals surface area contributed by atoms with Gasteiger partial charge in [0, 0.05) is 5.56 Å². The predicted molar refractivity (Wildman–Crippen MR) is 117 cm³/mol. The van der Waals surface area contributed by atoms with E-state index in [2.05, 4.69) is 15.3 Å². The van der Waals surface area contributed by atoms with Gasteiger partial charge < -0.3 is 25.3 Å². The molecule has 170 valence electrons. The summed E-state index contributed by atoms with van der Waals surface area (Å²) >= 11 is 0. The number of carbonyl (C=O) groups excluding carboxylic acids is 2. The van der Waals surface area contributed by atoms with Gasteiger partial charge in [-0.15, -0.1) is 0 Å². The Morgan fingerprint density at radius 2 is 2.00 bits per heavy atom. The van der Waals surface area contributed by atoms with E-state index in [-0.39, 0.29) is 36.2 Å². The number of anilines is 1. The van der Waals surface area contributed by atoms with E-state index >= 15 is 0 Å². The van der Waals surface area contributed by atoms with Crippen LogP contribution in [-0.4, -0.2) is 46.9 Å². The first-order valence-electron chi connectivity index (χ1n) is 10.0. The summed E-state index contributed by atoms with van der Waals surface area (Å²) in [5.74, 6) is -0.774. The number of nitrogens with zero attached hydrogens (tertiary/aromatic N) is 3. The van der Waals surface area contributed by atoms with Crippen LogP contribution in [0.5, 0.6) is 5.88 Å².